The van der Waals surface area contributed by atoms with Crippen LogP contribution in [0, 0.1) is 49.4 Å². The zero-order chi connectivity index (χ0) is 33.9. The van der Waals surface area contributed by atoms with Crippen molar-refractivity contribution in [2.24, 2.45) is 0 Å². The Bertz CT molecular complexity index is 1810. The van der Waals surface area contributed by atoms with Gasteiger partial charge in [-0.05, 0) is 67.5 Å². The van der Waals surface area contributed by atoms with E-state index in [4.69, 9.17) is 0 Å². The molecule has 1 N–H and O–H groups in total. The fourth-order valence-electron chi connectivity index (χ4n) is 8.67. The first-order valence-corrected chi connectivity index (χ1v) is 19.6. The molecule has 0 saturated heterocycles. The minimum atomic E-state index is -5.30. The zero-order valence-electron chi connectivity index (χ0n) is 27.8. The molecule has 0 amide bonds. The largest absolute Gasteiger partial charge is 0.506 e. The van der Waals surface area contributed by atoms with Crippen LogP contribution in [0.5, 0.6) is 5.75 Å². The van der Waals surface area contributed by atoms with Crippen molar-refractivity contribution >= 4 is 34.6 Å². The molecule has 1 heterocycles. The summed E-state index contributed by atoms with van der Waals surface area (Å²) in [5.41, 5.74) is -0.156. The van der Waals surface area contributed by atoms with Gasteiger partial charge in [-0.15, -0.1) is 0 Å². The second kappa shape index (κ2) is 16.7. The van der Waals surface area contributed by atoms with Crippen LogP contribution < -0.4 is 5.56 Å². The van der Waals surface area contributed by atoms with Gasteiger partial charge in [0.2, 0.25) is 0 Å². The standard InChI is InChI=1S/C21H12F3NO3.C18H33OP.Eu/c22-21(23,24)19(27)17-18(26)16-14-9-5-4-6-12(14)10-11-15(16)25(20(17)28)13-7-2-1-3-8-13;19-20(16-10-4-1-5-11-16,17-12-6-2-7-13-17)18-14-8-3-9-15-18;/h1-11,26H;16-18H,1-15H2;. The van der Waals surface area contributed by atoms with E-state index < -0.39 is 36.0 Å². The Morgan fingerprint density at radius 1 is 0.694 bits per heavy atom. The van der Waals surface area contributed by atoms with E-state index in [0.29, 0.717) is 27.7 Å². The van der Waals surface area contributed by atoms with E-state index in [-0.39, 0.29) is 66.0 Å². The molecule has 0 aliphatic heterocycles. The van der Waals surface area contributed by atoms with Gasteiger partial charge in [0.25, 0.3) is 11.3 Å². The van der Waals surface area contributed by atoms with E-state index in [0.717, 1.165) is 4.57 Å². The Hall–Kier alpha value is -1.80. The van der Waals surface area contributed by atoms with Crippen molar-refractivity contribution in [1.82, 2.24) is 4.57 Å². The van der Waals surface area contributed by atoms with Crippen LogP contribution >= 0.6 is 7.14 Å². The van der Waals surface area contributed by atoms with Crippen molar-refractivity contribution in [3.63, 3.8) is 0 Å². The number of fused-ring (bicyclic) bond motifs is 3. The molecule has 10 heteroatoms. The summed E-state index contributed by atoms with van der Waals surface area (Å²) in [5, 5.41) is 11.7. The minimum Gasteiger partial charge on any atom is -0.506 e. The number of halogens is 3. The first kappa shape index (κ1) is 38.4. The average Bonchev–Trinajstić information content (AvgIpc) is 3.12. The Labute approximate surface area is 327 Å². The molecule has 49 heavy (non-hydrogen) atoms. The van der Waals surface area contributed by atoms with Crippen molar-refractivity contribution in [2.45, 2.75) is 119 Å². The number of benzene rings is 3. The number of Topliss-reactive ketones (excluding diaryl/α,β-unsaturated/α-hetero) is 1. The van der Waals surface area contributed by atoms with E-state index in [2.05, 4.69) is 0 Å². The molecule has 3 saturated carbocycles. The number of para-hydroxylation sites is 1. The third-order valence-corrected chi connectivity index (χ3v) is 15.9. The van der Waals surface area contributed by atoms with Crippen LogP contribution in [0.25, 0.3) is 27.4 Å². The fourth-order valence-corrected chi connectivity index (χ4v) is 14.0. The van der Waals surface area contributed by atoms with E-state index in [1.807, 2.05) is 0 Å². The number of nitrogens with zero attached hydrogens (tertiary/aromatic N) is 1. The molecule has 1 radical (unpaired) electrons. The van der Waals surface area contributed by atoms with Crippen LogP contribution in [-0.4, -0.2) is 38.6 Å². The smallest absolute Gasteiger partial charge is 0.455 e. The van der Waals surface area contributed by atoms with Crippen LogP contribution in [0.3, 0.4) is 0 Å². The molecule has 0 bridgehead atoms. The molecule has 3 aromatic carbocycles. The zero-order valence-corrected chi connectivity index (χ0v) is 31.1. The molecular weight excluding hydrogens is 786 g/mol. The summed E-state index contributed by atoms with van der Waals surface area (Å²) in [5.74, 6) is -3.35. The number of hydrogen-bond acceptors (Lipinski definition) is 4. The van der Waals surface area contributed by atoms with Gasteiger partial charge < -0.3 is 9.67 Å². The Kier molecular flexibility index (Phi) is 13.1. The topological polar surface area (TPSA) is 76.4 Å². The maximum Gasteiger partial charge on any atom is 0.455 e. The Morgan fingerprint density at radius 3 is 1.65 bits per heavy atom. The third-order valence-electron chi connectivity index (χ3n) is 11.0. The van der Waals surface area contributed by atoms with E-state index in [9.17, 15) is 32.4 Å². The van der Waals surface area contributed by atoms with Gasteiger partial charge in [0.05, 0.1) is 12.7 Å². The van der Waals surface area contributed by atoms with Gasteiger partial charge in [-0.2, -0.15) is 13.2 Å². The molecule has 1 aromatic heterocycles. The van der Waals surface area contributed by atoms with Crippen molar-refractivity contribution in [3.8, 4) is 11.4 Å². The number of alkyl halides is 3. The predicted molar refractivity (Wildman–Crippen MR) is 187 cm³/mol. The van der Waals surface area contributed by atoms with Crippen molar-refractivity contribution in [3.05, 3.63) is 82.6 Å². The monoisotopic (exact) mass is 832 g/mol. The average molecular weight is 832 g/mol. The number of aromatic hydroxyl groups is 1. The van der Waals surface area contributed by atoms with Crippen LogP contribution in [0.1, 0.15) is 107 Å². The summed E-state index contributed by atoms with van der Waals surface area (Å²) < 4.78 is 54.7. The van der Waals surface area contributed by atoms with Crippen molar-refractivity contribution < 1.29 is 77.0 Å². The molecule has 0 atom stereocenters. The van der Waals surface area contributed by atoms with Gasteiger partial charge in [-0.25, -0.2) is 0 Å². The molecule has 3 fully saturated rings. The summed E-state index contributed by atoms with van der Waals surface area (Å²) >= 11 is 0. The van der Waals surface area contributed by atoms with Crippen molar-refractivity contribution in [2.75, 3.05) is 0 Å². The first-order valence-electron chi connectivity index (χ1n) is 17.7. The predicted octanol–water partition coefficient (Wildman–Crippen LogP) is 10.9. The van der Waals surface area contributed by atoms with Crippen LogP contribution in [0.15, 0.2) is 71.5 Å². The van der Waals surface area contributed by atoms with Crippen LogP contribution in [-0.2, 0) is 4.57 Å². The molecule has 3 aliphatic carbocycles. The number of rotatable bonds is 5. The number of carbonyl (C=O) groups is 1. The van der Waals surface area contributed by atoms with E-state index in [1.165, 1.54) is 115 Å². The maximum absolute atomic E-state index is 14.3. The van der Waals surface area contributed by atoms with Gasteiger partial charge in [-0.1, -0.05) is 106 Å². The number of pyridine rings is 1. The summed E-state index contributed by atoms with van der Waals surface area (Å²) in [7, 11) is -1.95. The quantitative estimate of drug-likeness (QED) is 0.123. The Morgan fingerprint density at radius 2 is 1.16 bits per heavy atom. The third kappa shape index (κ3) is 8.00. The summed E-state index contributed by atoms with van der Waals surface area (Å²) in [6.07, 6.45) is 14.8. The van der Waals surface area contributed by atoms with Crippen molar-refractivity contribution in [1.29, 1.82) is 0 Å². The number of hydrogen-bond donors (Lipinski definition) is 1. The Balaban J connectivity index is 0.000000197. The molecule has 3 aliphatic rings. The van der Waals surface area contributed by atoms with Gasteiger partial charge in [0.1, 0.15) is 11.3 Å². The van der Waals surface area contributed by atoms with Gasteiger partial charge >= 0.3 is 6.18 Å². The van der Waals surface area contributed by atoms with Gasteiger partial charge in [0.15, 0.2) is 0 Å². The van der Waals surface area contributed by atoms with Gasteiger partial charge in [-0.3, -0.25) is 14.2 Å². The summed E-state index contributed by atoms with van der Waals surface area (Å²) in [6.45, 7) is 0. The molecule has 0 spiro atoms. The number of carbonyl (C=O) groups excluding carboxylic acids is 1. The molecule has 5 nitrogen and oxygen atoms in total. The fraction of sp³-hybridized carbons (Fsp3) is 0.487. The normalized spacial score (nSPS) is 18.4. The minimum absolute atomic E-state index is 0. The molecule has 0 unspecified atom stereocenters. The molecule has 263 valence electrons. The maximum atomic E-state index is 14.3. The molecular formula is C39H45EuF3NO4P. The summed E-state index contributed by atoms with van der Waals surface area (Å²) in [6, 6.07) is 18.0. The van der Waals surface area contributed by atoms with E-state index in [1.54, 1.807) is 48.5 Å². The molecule has 4 aromatic rings. The second-order valence-electron chi connectivity index (χ2n) is 13.8. The van der Waals surface area contributed by atoms with E-state index >= 15 is 0 Å². The number of ketones is 1. The van der Waals surface area contributed by atoms with Gasteiger partial charge in [0, 0.05) is 77.4 Å². The van der Waals surface area contributed by atoms with Crippen LogP contribution in [0.2, 0.25) is 0 Å². The molecule has 7 rings (SSSR count). The SMILES string of the molecule is O=C(c1c(O)c2c3ccccc3ccc2n(-c2ccccc2)c1=O)C(F)(F)F.O=P(C1CCCCC1)(C1CCCCC1)C1CCCCC1.[Eu]. The summed E-state index contributed by atoms with van der Waals surface area (Å²) in [4.78, 5) is 24.9. The second-order valence-corrected chi connectivity index (χ2v) is 17.6. The van der Waals surface area contributed by atoms with Crippen LogP contribution in [0.4, 0.5) is 13.2 Å². The number of aromatic nitrogens is 1. The first-order chi connectivity index (χ1) is 23.1.